The van der Waals surface area contributed by atoms with E-state index in [9.17, 15) is 5.11 Å². The van der Waals surface area contributed by atoms with Crippen LogP contribution in [0.5, 0.6) is 0 Å². The second-order valence-corrected chi connectivity index (χ2v) is 5.66. The van der Waals surface area contributed by atoms with Gasteiger partial charge in [0, 0.05) is 18.3 Å². The number of allylic oxidation sites excluding steroid dienone is 1. The number of aliphatic hydroxyl groups is 1. The highest BCUT2D eigenvalue weighted by molar-refractivity contribution is 5.11. The van der Waals surface area contributed by atoms with E-state index in [-0.39, 0.29) is 5.60 Å². The van der Waals surface area contributed by atoms with Crippen molar-refractivity contribution < 1.29 is 5.11 Å². The predicted octanol–water partition coefficient (Wildman–Crippen LogP) is 2.29. The van der Waals surface area contributed by atoms with Crippen LogP contribution in [0.4, 0.5) is 0 Å². The third-order valence-corrected chi connectivity index (χ3v) is 4.48. The SMILES string of the molecule is C=C1CCCCN1C1CC(O)(C2CC2)C1. The molecule has 0 atom stereocenters. The normalized spacial score (nSPS) is 41.5. The molecular formula is C13H21NO. The summed E-state index contributed by atoms with van der Waals surface area (Å²) in [5.74, 6) is 0.631. The van der Waals surface area contributed by atoms with Crippen molar-refractivity contribution in [2.75, 3.05) is 6.54 Å². The minimum absolute atomic E-state index is 0.289. The van der Waals surface area contributed by atoms with Crippen LogP contribution < -0.4 is 0 Å². The van der Waals surface area contributed by atoms with E-state index in [0.717, 1.165) is 12.8 Å². The second kappa shape index (κ2) is 3.24. The molecule has 84 valence electrons. The van der Waals surface area contributed by atoms with Crippen LogP contribution in [0, 0.1) is 5.92 Å². The van der Waals surface area contributed by atoms with Gasteiger partial charge < -0.3 is 10.0 Å². The zero-order valence-electron chi connectivity index (χ0n) is 9.41. The first-order chi connectivity index (χ1) is 7.19. The lowest BCUT2D eigenvalue weighted by Crippen LogP contribution is -2.56. The highest BCUT2D eigenvalue weighted by Crippen LogP contribution is 2.52. The van der Waals surface area contributed by atoms with E-state index in [0.29, 0.717) is 12.0 Å². The van der Waals surface area contributed by atoms with E-state index in [1.807, 2.05) is 0 Å². The van der Waals surface area contributed by atoms with Crippen molar-refractivity contribution in [2.45, 2.75) is 56.6 Å². The second-order valence-electron chi connectivity index (χ2n) is 5.66. The average Bonchev–Trinajstić information content (AvgIpc) is 2.97. The quantitative estimate of drug-likeness (QED) is 0.751. The van der Waals surface area contributed by atoms with Gasteiger partial charge in [0.25, 0.3) is 0 Å². The molecule has 2 saturated carbocycles. The molecule has 0 amide bonds. The molecule has 3 aliphatic rings. The Morgan fingerprint density at radius 1 is 1.27 bits per heavy atom. The van der Waals surface area contributed by atoms with Crippen LogP contribution in [0.15, 0.2) is 12.3 Å². The number of hydrogen-bond donors (Lipinski definition) is 1. The molecule has 2 aliphatic carbocycles. The number of nitrogens with zero attached hydrogens (tertiary/aromatic N) is 1. The van der Waals surface area contributed by atoms with E-state index in [2.05, 4.69) is 11.5 Å². The third kappa shape index (κ3) is 1.59. The lowest BCUT2D eigenvalue weighted by molar-refractivity contribution is -0.102. The molecule has 0 bridgehead atoms. The summed E-state index contributed by atoms with van der Waals surface area (Å²) in [5, 5.41) is 10.3. The molecule has 0 aromatic carbocycles. The molecule has 0 unspecified atom stereocenters. The molecule has 0 radical (unpaired) electrons. The molecule has 1 N–H and O–H groups in total. The van der Waals surface area contributed by atoms with E-state index in [4.69, 9.17) is 0 Å². The molecule has 15 heavy (non-hydrogen) atoms. The smallest absolute Gasteiger partial charge is 0.0714 e. The minimum atomic E-state index is -0.289. The standard InChI is InChI=1S/C13H21NO/c1-10-4-2-3-7-14(10)12-8-13(15,9-12)11-5-6-11/h11-12,15H,1-9H2. The molecule has 3 fully saturated rings. The summed E-state index contributed by atoms with van der Waals surface area (Å²) in [6.07, 6.45) is 8.27. The van der Waals surface area contributed by atoms with Gasteiger partial charge in [-0.2, -0.15) is 0 Å². The van der Waals surface area contributed by atoms with Crippen LogP contribution in [-0.4, -0.2) is 28.2 Å². The molecule has 1 heterocycles. The van der Waals surface area contributed by atoms with Gasteiger partial charge in [0.1, 0.15) is 0 Å². The van der Waals surface area contributed by atoms with Crippen molar-refractivity contribution >= 4 is 0 Å². The summed E-state index contributed by atoms with van der Waals surface area (Å²) in [4.78, 5) is 2.46. The molecule has 2 heteroatoms. The third-order valence-electron chi connectivity index (χ3n) is 4.48. The van der Waals surface area contributed by atoms with Crippen molar-refractivity contribution in [1.29, 1.82) is 0 Å². The summed E-state index contributed by atoms with van der Waals surface area (Å²) < 4.78 is 0. The Balaban J connectivity index is 1.59. The molecule has 0 spiro atoms. The van der Waals surface area contributed by atoms with Crippen LogP contribution in [0.2, 0.25) is 0 Å². The van der Waals surface area contributed by atoms with Gasteiger partial charge in [-0.3, -0.25) is 0 Å². The van der Waals surface area contributed by atoms with Gasteiger partial charge in [-0.1, -0.05) is 6.58 Å². The van der Waals surface area contributed by atoms with Gasteiger partial charge in [0.15, 0.2) is 0 Å². The predicted molar refractivity (Wildman–Crippen MR) is 60.4 cm³/mol. The zero-order valence-corrected chi connectivity index (χ0v) is 9.41. The Labute approximate surface area is 92.0 Å². The van der Waals surface area contributed by atoms with Crippen LogP contribution in [-0.2, 0) is 0 Å². The Hall–Kier alpha value is -0.500. The molecule has 1 aliphatic heterocycles. The van der Waals surface area contributed by atoms with Crippen LogP contribution >= 0.6 is 0 Å². The van der Waals surface area contributed by atoms with E-state index in [1.165, 1.54) is 44.3 Å². The topological polar surface area (TPSA) is 23.5 Å². The number of likely N-dealkylation sites (tertiary alicyclic amines) is 1. The highest BCUT2D eigenvalue weighted by atomic mass is 16.3. The molecule has 1 saturated heterocycles. The van der Waals surface area contributed by atoms with Gasteiger partial charge in [0.2, 0.25) is 0 Å². The molecule has 0 aromatic rings. The van der Waals surface area contributed by atoms with E-state index in [1.54, 1.807) is 0 Å². The number of rotatable bonds is 2. The monoisotopic (exact) mass is 207 g/mol. The molecule has 0 aromatic heterocycles. The molecule has 3 rings (SSSR count). The van der Waals surface area contributed by atoms with Crippen molar-refractivity contribution in [2.24, 2.45) is 5.92 Å². The first-order valence-electron chi connectivity index (χ1n) is 6.36. The van der Waals surface area contributed by atoms with Crippen LogP contribution in [0.25, 0.3) is 0 Å². The Bertz CT molecular complexity index is 276. The summed E-state index contributed by atoms with van der Waals surface area (Å²) in [6, 6.07) is 0.600. The van der Waals surface area contributed by atoms with E-state index >= 15 is 0 Å². The van der Waals surface area contributed by atoms with Gasteiger partial charge >= 0.3 is 0 Å². The first-order valence-corrected chi connectivity index (χ1v) is 6.36. The highest BCUT2D eigenvalue weighted by Gasteiger charge is 2.54. The first kappa shape index (κ1) is 9.71. The number of piperidine rings is 1. The van der Waals surface area contributed by atoms with E-state index < -0.39 is 0 Å². The Kier molecular flexibility index (Phi) is 2.10. The average molecular weight is 207 g/mol. The summed E-state index contributed by atoms with van der Waals surface area (Å²) in [5.41, 5.74) is 1.02. The summed E-state index contributed by atoms with van der Waals surface area (Å²) in [6.45, 7) is 5.32. The maximum absolute atomic E-state index is 10.3. The fourth-order valence-electron chi connectivity index (χ4n) is 3.28. The van der Waals surface area contributed by atoms with Gasteiger partial charge in [-0.15, -0.1) is 0 Å². The zero-order chi connectivity index (χ0) is 10.5. The van der Waals surface area contributed by atoms with Crippen molar-refractivity contribution in [3.8, 4) is 0 Å². The van der Waals surface area contributed by atoms with Crippen LogP contribution in [0.1, 0.15) is 44.9 Å². The summed E-state index contributed by atoms with van der Waals surface area (Å²) >= 11 is 0. The Morgan fingerprint density at radius 2 is 2.00 bits per heavy atom. The minimum Gasteiger partial charge on any atom is -0.389 e. The van der Waals surface area contributed by atoms with Gasteiger partial charge in [-0.25, -0.2) is 0 Å². The van der Waals surface area contributed by atoms with Gasteiger partial charge in [-0.05, 0) is 50.9 Å². The maximum atomic E-state index is 10.3. The van der Waals surface area contributed by atoms with Gasteiger partial charge in [0.05, 0.1) is 5.60 Å². The van der Waals surface area contributed by atoms with Crippen LogP contribution in [0.3, 0.4) is 0 Å². The molecule has 2 nitrogen and oxygen atoms in total. The Morgan fingerprint density at radius 3 is 2.60 bits per heavy atom. The lowest BCUT2D eigenvalue weighted by Gasteiger charge is -2.51. The largest absolute Gasteiger partial charge is 0.389 e. The number of hydrogen-bond acceptors (Lipinski definition) is 2. The lowest BCUT2D eigenvalue weighted by atomic mass is 9.71. The molecular weight excluding hydrogens is 186 g/mol. The fourth-order valence-corrected chi connectivity index (χ4v) is 3.28. The van der Waals surface area contributed by atoms with Crippen molar-refractivity contribution in [3.05, 3.63) is 12.3 Å². The summed E-state index contributed by atoms with van der Waals surface area (Å²) in [7, 11) is 0. The van der Waals surface area contributed by atoms with Crippen molar-refractivity contribution in [1.82, 2.24) is 4.90 Å². The fraction of sp³-hybridized carbons (Fsp3) is 0.846. The maximum Gasteiger partial charge on any atom is 0.0714 e. The van der Waals surface area contributed by atoms with Crippen molar-refractivity contribution in [3.63, 3.8) is 0 Å².